The van der Waals surface area contributed by atoms with Crippen molar-refractivity contribution in [3.8, 4) is 0 Å². The van der Waals surface area contributed by atoms with Gasteiger partial charge in [0.05, 0.1) is 6.04 Å². The van der Waals surface area contributed by atoms with Crippen LogP contribution < -0.4 is 0 Å². The zero-order valence-corrected chi connectivity index (χ0v) is 10.5. The number of nitrogens with zero attached hydrogens (tertiary/aromatic N) is 2. The van der Waals surface area contributed by atoms with E-state index in [2.05, 4.69) is 4.98 Å². The van der Waals surface area contributed by atoms with Gasteiger partial charge in [-0.25, -0.2) is 4.79 Å². The predicted molar refractivity (Wildman–Crippen MR) is 66.4 cm³/mol. The number of aromatic nitrogens is 1. The highest BCUT2D eigenvalue weighted by molar-refractivity contribution is 5.78. The number of amides is 1. The largest absolute Gasteiger partial charge is 0.480 e. The molecule has 1 aromatic heterocycles. The Hall–Kier alpha value is -1.95. The number of hydrogen-bond donors (Lipinski definition) is 1. The molecule has 0 bridgehead atoms. The highest BCUT2D eigenvalue weighted by atomic mass is 16.5. The highest BCUT2D eigenvalue weighted by Crippen LogP contribution is 2.31. The number of aliphatic carboxylic acids is 1. The molecule has 2 rings (SSSR count). The lowest BCUT2D eigenvalue weighted by molar-refractivity contribution is -0.146. The molecule has 1 N–H and O–H groups in total. The summed E-state index contributed by atoms with van der Waals surface area (Å²) in [5.74, 6) is -1.24. The van der Waals surface area contributed by atoms with Gasteiger partial charge < -0.3 is 14.7 Å². The molecule has 0 aromatic carbocycles. The molecule has 1 aromatic rings. The summed E-state index contributed by atoms with van der Waals surface area (Å²) < 4.78 is 4.85. The number of hydrogen-bond acceptors (Lipinski definition) is 4. The van der Waals surface area contributed by atoms with Crippen LogP contribution in [-0.4, -0.2) is 46.6 Å². The molecule has 1 aliphatic heterocycles. The van der Waals surface area contributed by atoms with E-state index in [0.717, 1.165) is 18.4 Å². The van der Waals surface area contributed by atoms with Crippen LogP contribution in [-0.2, 0) is 14.3 Å². The average Bonchev–Trinajstić information content (AvgIpc) is 2.88. The van der Waals surface area contributed by atoms with Crippen LogP contribution in [0.1, 0.15) is 24.4 Å². The molecule has 19 heavy (non-hydrogen) atoms. The molecule has 1 amide bonds. The van der Waals surface area contributed by atoms with Crippen molar-refractivity contribution in [3.63, 3.8) is 0 Å². The molecule has 0 radical (unpaired) electrons. The van der Waals surface area contributed by atoms with Crippen LogP contribution >= 0.6 is 0 Å². The third-order valence-corrected chi connectivity index (χ3v) is 3.09. The fourth-order valence-corrected chi connectivity index (χ4v) is 2.29. The van der Waals surface area contributed by atoms with E-state index in [0.29, 0.717) is 6.54 Å². The average molecular weight is 264 g/mol. The Bertz CT molecular complexity index is 449. The van der Waals surface area contributed by atoms with E-state index in [1.54, 1.807) is 17.3 Å². The number of likely N-dealkylation sites (tertiary alicyclic amines) is 1. The smallest absolute Gasteiger partial charge is 0.329 e. The molecule has 0 saturated carbocycles. The number of carbonyl (C=O) groups excluding carboxylic acids is 1. The summed E-state index contributed by atoms with van der Waals surface area (Å²) in [5, 5.41) is 8.46. The Morgan fingerprint density at radius 1 is 1.47 bits per heavy atom. The summed E-state index contributed by atoms with van der Waals surface area (Å²) in [6.07, 6.45) is 5.29. The predicted octanol–water partition coefficient (Wildman–Crippen LogP) is 0.846. The molecule has 1 aliphatic rings. The summed E-state index contributed by atoms with van der Waals surface area (Å²) in [6.45, 7) is 0.0367. The molecule has 6 nitrogen and oxygen atoms in total. The van der Waals surface area contributed by atoms with E-state index in [-0.39, 0.29) is 18.6 Å². The van der Waals surface area contributed by atoms with Gasteiger partial charge in [0.15, 0.2) is 0 Å². The number of rotatable bonds is 5. The van der Waals surface area contributed by atoms with E-state index in [1.807, 2.05) is 12.1 Å². The van der Waals surface area contributed by atoms with Crippen LogP contribution in [0.15, 0.2) is 24.5 Å². The van der Waals surface area contributed by atoms with Crippen LogP contribution in [0.5, 0.6) is 0 Å². The van der Waals surface area contributed by atoms with E-state index in [4.69, 9.17) is 9.84 Å². The van der Waals surface area contributed by atoms with Gasteiger partial charge in [-0.1, -0.05) is 6.07 Å². The maximum atomic E-state index is 12.0. The first-order valence-electron chi connectivity index (χ1n) is 6.17. The van der Waals surface area contributed by atoms with Crippen LogP contribution in [0.3, 0.4) is 0 Å². The topological polar surface area (TPSA) is 79.7 Å². The quantitative estimate of drug-likeness (QED) is 0.852. The Morgan fingerprint density at radius 3 is 3.00 bits per heavy atom. The first-order valence-corrected chi connectivity index (χ1v) is 6.17. The van der Waals surface area contributed by atoms with E-state index in [9.17, 15) is 9.59 Å². The minimum Gasteiger partial charge on any atom is -0.480 e. The van der Waals surface area contributed by atoms with Crippen LogP contribution in [0.2, 0.25) is 0 Å². The molecule has 1 saturated heterocycles. The Morgan fingerprint density at radius 2 is 2.32 bits per heavy atom. The number of carboxylic acids is 1. The van der Waals surface area contributed by atoms with Crippen molar-refractivity contribution in [3.05, 3.63) is 30.1 Å². The summed E-state index contributed by atoms with van der Waals surface area (Å²) in [7, 11) is 0. The van der Waals surface area contributed by atoms with E-state index in [1.165, 1.54) is 0 Å². The van der Waals surface area contributed by atoms with Crippen molar-refractivity contribution in [2.45, 2.75) is 18.9 Å². The standard InChI is InChI=1S/C13H16N2O4/c16-12(8-19-9-13(17)18)15-6-2-4-11(15)10-3-1-5-14-7-10/h1,3,5,7,11H,2,4,6,8-9H2,(H,17,18). The number of carboxylic acid groups (broad SMARTS) is 1. The normalized spacial score (nSPS) is 18.5. The highest BCUT2D eigenvalue weighted by Gasteiger charge is 2.29. The van der Waals surface area contributed by atoms with Crippen molar-refractivity contribution >= 4 is 11.9 Å². The maximum absolute atomic E-state index is 12.0. The van der Waals surface area contributed by atoms with Gasteiger partial charge in [-0.15, -0.1) is 0 Å². The number of carbonyl (C=O) groups is 2. The fourth-order valence-electron chi connectivity index (χ4n) is 2.29. The zero-order chi connectivity index (χ0) is 13.7. The number of pyridine rings is 1. The summed E-state index contributed by atoms with van der Waals surface area (Å²) in [5.41, 5.74) is 1.01. The minimum absolute atomic E-state index is 0.0228. The van der Waals surface area contributed by atoms with Crippen LogP contribution in [0, 0.1) is 0 Å². The second-order valence-electron chi connectivity index (χ2n) is 4.42. The first-order chi connectivity index (χ1) is 9.18. The van der Waals surface area contributed by atoms with Gasteiger partial charge in [-0.05, 0) is 24.5 Å². The third kappa shape index (κ3) is 3.51. The van der Waals surface area contributed by atoms with Crippen LogP contribution in [0.25, 0.3) is 0 Å². The van der Waals surface area contributed by atoms with Gasteiger partial charge in [0.2, 0.25) is 5.91 Å². The minimum atomic E-state index is -1.07. The van der Waals surface area contributed by atoms with Gasteiger partial charge in [0.25, 0.3) is 0 Å². The Labute approximate surface area is 111 Å². The van der Waals surface area contributed by atoms with Gasteiger partial charge in [0, 0.05) is 18.9 Å². The molecule has 102 valence electrons. The molecule has 1 fully saturated rings. The second kappa shape index (κ2) is 6.29. The molecule has 1 atom stereocenters. The fraction of sp³-hybridized carbons (Fsp3) is 0.462. The molecular formula is C13H16N2O4. The number of ether oxygens (including phenoxy) is 1. The lowest BCUT2D eigenvalue weighted by Crippen LogP contribution is -2.34. The molecule has 0 aliphatic carbocycles. The first kappa shape index (κ1) is 13.5. The van der Waals surface area contributed by atoms with Gasteiger partial charge in [-0.3, -0.25) is 9.78 Å². The SMILES string of the molecule is O=C(O)COCC(=O)N1CCCC1c1cccnc1. The molecule has 0 spiro atoms. The summed E-state index contributed by atoms with van der Waals surface area (Å²) in [4.78, 5) is 28.1. The van der Waals surface area contributed by atoms with Gasteiger partial charge >= 0.3 is 5.97 Å². The van der Waals surface area contributed by atoms with Crippen molar-refractivity contribution < 1.29 is 19.4 Å². The monoisotopic (exact) mass is 264 g/mol. The third-order valence-electron chi connectivity index (χ3n) is 3.09. The van der Waals surface area contributed by atoms with Crippen molar-refractivity contribution in [1.82, 2.24) is 9.88 Å². The van der Waals surface area contributed by atoms with Crippen molar-refractivity contribution in [2.75, 3.05) is 19.8 Å². The second-order valence-corrected chi connectivity index (χ2v) is 4.42. The molecular weight excluding hydrogens is 248 g/mol. The lowest BCUT2D eigenvalue weighted by Gasteiger charge is -2.24. The van der Waals surface area contributed by atoms with E-state index < -0.39 is 12.6 Å². The maximum Gasteiger partial charge on any atom is 0.329 e. The molecule has 2 heterocycles. The van der Waals surface area contributed by atoms with Crippen molar-refractivity contribution in [1.29, 1.82) is 0 Å². The summed E-state index contributed by atoms with van der Waals surface area (Å²) in [6, 6.07) is 3.81. The van der Waals surface area contributed by atoms with Gasteiger partial charge in [0.1, 0.15) is 13.2 Å². The zero-order valence-electron chi connectivity index (χ0n) is 10.5. The summed E-state index contributed by atoms with van der Waals surface area (Å²) >= 11 is 0. The lowest BCUT2D eigenvalue weighted by atomic mass is 10.1. The Balaban J connectivity index is 1.95. The van der Waals surface area contributed by atoms with E-state index >= 15 is 0 Å². The van der Waals surface area contributed by atoms with Gasteiger partial charge in [-0.2, -0.15) is 0 Å². The van der Waals surface area contributed by atoms with Crippen molar-refractivity contribution in [2.24, 2.45) is 0 Å². The Kier molecular flexibility index (Phi) is 4.46. The van der Waals surface area contributed by atoms with Crippen LogP contribution in [0.4, 0.5) is 0 Å². The molecule has 1 unspecified atom stereocenters. The molecule has 6 heteroatoms.